The number of unbranched alkanes of at least 4 members (excludes halogenated alkanes) is 2. The van der Waals surface area contributed by atoms with E-state index >= 15 is 0 Å². The molecule has 0 saturated heterocycles. The van der Waals surface area contributed by atoms with Crippen molar-refractivity contribution in [2.75, 3.05) is 0 Å². The Bertz CT molecular complexity index is 1740. The van der Waals surface area contributed by atoms with Crippen LogP contribution in [0.2, 0.25) is 0 Å². The molecule has 0 aliphatic rings. The molecule has 0 saturated carbocycles. The van der Waals surface area contributed by atoms with Crippen LogP contribution in [0.3, 0.4) is 0 Å². The van der Waals surface area contributed by atoms with Gasteiger partial charge in [0.1, 0.15) is 51.8 Å². The zero-order valence-electron chi connectivity index (χ0n) is 23.2. The lowest BCUT2D eigenvalue weighted by molar-refractivity contribution is -0.189. The molecule has 0 atom stereocenters. The molecule has 0 spiro atoms. The molecule has 4 rings (SSSR count). The summed E-state index contributed by atoms with van der Waals surface area (Å²) >= 11 is 0. The van der Waals surface area contributed by atoms with Crippen LogP contribution in [0.25, 0.3) is 11.1 Å². The molecule has 0 N–H and O–H groups in total. The normalized spacial score (nSPS) is 11.7. The summed E-state index contributed by atoms with van der Waals surface area (Å²) in [5, 5.41) is 0. The minimum Gasteiger partial charge on any atom is -0.429 e. The molecule has 0 bridgehead atoms. The van der Waals surface area contributed by atoms with Gasteiger partial charge in [-0.2, -0.15) is 22.0 Å². The molecule has 0 aliphatic carbocycles. The van der Waals surface area contributed by atoms with Gasteiger partial charge in [0.25, 0.3) is 0 Å². The Hall–Kier alpha value is -4.53. The summed E-state index contributed by atoms with van der Waals surface area (Å²) < 4.78 is 159. The Labute approximate surface area is 250 Å². The largest absolute Gasteiger partial charge is 0.432 e. The molecule has 0 amide bonds. The van der Waals surface area contributed by atoms with Gasteiger partial charge in [-0.15, -0.1) is 0 Å². The lowest BCUT2D eigenvalue weighted by Crippen LogP contribution is -2.25. The summed E-state index contributed by atoms with van der Waals surface area (Å²) in [5.74, 6) is -6.04. The molecule has 12 heteroatoms. The first kappa shape index (κ1) is 33.4. The maximum Gasteiger partial charge on any atom is 0.432 e. The summed E-state index contributed by atoms with van der Waals surface area (Å²) in [7, 11) is 0. The standard InChI is InChI=1S/C33H21F11O/c1-2-3-4-5-18-6-8-20(24(34)12-18)9-7-19-13-26(36)31(27(37)14-19)33(43,44)45-22-10-11-23(25(35)17-22)21-15-28(38)30(29(39)16-21)32(40,41)42/h6,8,10-17H,2-5H2,1H3. The first-order chi connectivity index (χ1) is 21.1. The maximum absolute atomic E-state index is 14.8. The van der Waals surface area contributed by atoms with Crippen LogP contribution < -0.4 is 4.74 Å². The molecule has 4 aromatic carbocycles. The molecule has 0 aliphatic heterocycles. The zero-order chi connectivity index (χ0) is 33.1. The molecule has 0 aromatic heterocycles. The monoisotopic (exact) mass is 642 g/mol. The summed E-state index contributed by atoms with van der Waals surface area (Å²) in [6.45, 7) is 2.03. The number of rotatable bonds is 8. The average molecular weight is 643 g/mol. The van der Waals surface area contributed by atoms with Crippen molar-refractivity contribution in [3.63, 3.8) is 0 Å². The van der Waals surface area contributed by atoms with Crippen LogP contribution in [0.5, 0.6) is 5.75 Å². The highest BCUT2D eigenvalue weighted by Gasteiger charge is 2.41. The van der Waals surface area contributed by atoms with E-state index in [1.165, 1.54) is 12.1 Å². The first-order valence-corrected chi connectivity index (χ1v) is 13.3. The fourth-order valence-corrected chi connectivity index (χ4v) is 4.45. The minimum absolute atomic E-state index is 0.0833. The molecule has 0 fully saturated rings. The van der Waals surface area contributed by atoms with Gasteiger partial charge in [-0.25, -0.2) is 26.3 Å². The number of halogens is 11. The van der Waals surface area contributed by atoms with E-state index in [1.54, 1.807) is 6.07 Å². The predicted molar refractivity (Wildman–Crippen MR) is 143 cm³/mol. The van der Waals surface area contributed by atoms with Crippen molar-refractivity contribution in [3.05, 3.63) is 123 Å². The van der Waals surface area contributed by atoms with Crippen molar-refractivity contribution in [2.24, 2.45) is 0 Å². The summed E-state index contributed by atoms with van der Waals surface area (Å²) in [4.78, 5) is 0. The van der Waals surface area contributed by atoms with Gasteiger partial charge in [0, 0.05) is 17.2 Å². The fourth-order valence-electron chi connectivity index (χ4n) is 4.45. The minimum atomic E-state index is -5.37. The van der Waals surface area contributed by atoms with Gasteiger partial charge in [-0.3, -0.25) is 0 Å². The predicted octanol–water partition coefficient (Wildman–Crippen LogP) is 10.5. The number of hydrogen-bond acceptors (Lipinski definition) is 1. The topological polar surface area (TPSA) is 9.23 Å². The van der Waals surface area contributed by atoms with E-state index in [2.05, 4.69) is 16.6 Å². The number of aryl methyl sites for hydroxylation is 1. The smallest absolute Gasteiger partial charge is 0.429 e. The molecular weight excluding hydrogens is 621 g/mol. The van der Waals surface area contributed by atoms with Crippen molar-refractivity contribution >= 4 is 0 Å². The highest BCUT2D eigenvalue weighted by molar-refractivity contribution is 5.66. The quantitative estimate of drug-likeness (QED) is 0.106. The molecule has 236 valence electrons. The Balaban J connectivity index is 1.55. The Morgan fingerprint density at radius 1 is 0.622 bits per heavy atom. The van der Waals surface area contributed by atoms with E-state index in [-0.39, 0.29) is 23.8 Å². The second kappa shape index (κ2) is 13.2. The lowest BCUT2D eigenvalue weighted by Gasteiger charge is -2.20. The van der Waals surface area contributed by atoms with Crippen LogP contribution in [-0.4, -0.2) is 0 Å². The molecule has 45 heavy (non-hydrogen) atoms. The second-order valence-corrected chi connectivity index (χ2v) is 9.91. The third-order valence-electron chi connectivity index (χ3n) is 6.60. The number of hydrogen-bond donors (Lipinski definition) is 0. The van der Waals surface area contributed by atoms with Crippen molar-refractivity contribution in [3.8, 4) is 28.7 Å². The highest BCUT2D eigenvalue weighted by Crippen LogP contribution is 2.39. The van der Waals surface area contributed by atoms with Crippen molar-refractivity contribution in [1.29, 1.82) is 0 Å². The van der Waals surface area contributed by atoms with Crippen LogP contribution in [-0.2, 0) is 18.7 Å². The van der Waals surface area contributed by atoms with Crippen LogP contribution >= 0.6 is 0 Å². The number of ether oxygens (including phenoxy) is 1. The van der Waals surface area contributed by atoms with E-state index < -0.39 is 80.8 Å². The zero-order valence-corrected chi connectivity index (χ0v) is 23.2. The maximum atomic E-state index is 14.8. The summed E-state index contributed by atoms with van der Waals surface area (Å²) in [6.07, 6.45) is -6.61. The van der Waals surface area contributed by atoms with Crippen LogP contribution in [0, 0.1) is 46.7 Å². The van der Waals surface area contributed by atoms with Crippen molar-refractivity contribution < 1.29 is 53.0 Å². The van der Waals surface area contributed by atoms with Gasteiger partial charge in [0.2, 0.25) is 0 Å². The molecule has 0 heterocycles. The summed E-state index contributed by atoms with van der Waals surface area (Å²) in [5.41, 5.74) is -5.17. The van der Waals surface area contributed by atoms with Crippen molar-refractivity contribution in [1.82, 2.24) is 0 Å². The number of benzene rings is 4. The van der Waals surface area contributed by atoms with E-state index in [0.29, 0.717) is 30.7 Å². The third-order valence-corrected chi connectivity index (χ3v) is 6.60. The lowest BCUT2D eigenvalue weighted by atomic mass is 10.0. The van der Waals surface area contributed by atoms with Crippen LogP contribution in [0.1, 0.15) is 54.0 Å². The van der Waals surface area contributed by atoms with E-state index in [9.17, 15) is 48.3 Å². The molecule has 0 radical (unpaired) electrons. The molecular formula is C33H21F11O. The first-order valence-electron chi connectivity index (χ1n) is 13.3. The highest BCUT2D eigenvalue weighted by atomic mass is 19.4. The molecule has 0 unspecified atom stereocenters. The van der Waals surface area contributed by atoms with Gasteiger partial charge < -0.3 is 4.74 Å². The van der Waals surface area contributed by atoms with Gasteiger partial charge in [-0.05, 0) is 72.5 Å². The Morgan fingerprint density at radius 2 is 1.24 bits per heavy atom. The number of alkyl halides is 5. The van der Waals surface area contributed by atoms with Gasteiger partial charge in [0.15, 0.2) is 0 Å². The third kappa shape index (κ3) is 7.77. The Kier molecular flexibility index (Phi) is 9.80. The van der Waals surface area contributed by atoms with Crippen LogP contribution in [0.4, 0.5) is 48.3 Å². The average Bonchev–Trinajstić information content (AvgIpc) is 2.91. The summed E-state index contributed by atoms with van der Waals surface area (Å²) in [6, 6.07) is 7.28. The second-order valence-electron chi connectivity index (χ2n) is 9.91. The Morgan fingerprint density at radius 3 is 1.80 bits per heavy atom. The molecule has 1 nitrogen and oxygen atoms in total. The fraction of sp³-hybridized carbons (Fsp3) is 0.212. The molecule has 4 aromatic rings. The van der Waals surface area contributed by atoms with E-state index in [1.807, 2.05) is 6.92 Å². The van der Waals surface area contributed by atoms with Gasteiger partial charge >= 0.3 is 12.3 Å². The van der Waals surface area contributed by atoms with Crippen LogP contribution in [0.15, 0.2) is 60.7 Å². The van der Waals surface area contributed by atoms with Crippen molar-refractivity contribution in [2.45, 2.75) is 44.9 Å². The SMILES string of the molecule is CCCCCc1ccc(C#Cc2cc(F)c(C(F)(F)Oc3ccc(-c4cc(F)c(C(F)(F)F)c(F)c4)c(F)c3)c(F)c2)c(F)c1. The van der Waals surface area contributed by atoms with Gasteiger partial charge in [-0.1, -0.05) is 37.7 Å². The van der Waals surface area contributed by atoms with Gasteiger partial charge in [0.05, 0.1) is 5.56 Å². The van der Waals surface area contributed by atoms with E-state index in [4.69, 9.17) is 0 Å². The van der Waals surface area contributed by atoms with E-state index in [0.717, 1.165) is 24.8 Å².